The number of carbonyl (C=O) groups excluding carboxylic acids is 2. The van der Waals surface area contributed by atoms with Gasteiger partial charge in [0, 0.05) is 42.3 Å². The molecule has 0 spiro atoms. The van der Waals surface area contributed by atoms with Crippen molar-refractivity contribution in [2.45, 2.75) is 44.2 Å². The molecule has 1 unspecified atom stereocenters. The lowest BCUT2D eigenvalue weighted by Crippen LogP contribution is -2.39. The summed E-state index contributed by atoms with van der Waals surface area (Å²) in [6.45, 7) is 2.43. The van der Waals surface area contributed by atoms with Gasteiger partial charge in [0.1, 0.15) is 5.92 Å². The average Bonchev–Trinajstić information content (AvgIpc) is 3.83. The zero-order valence-electron chi connectivity index (χ0n) is 24.4. The van der Waals surface area contributed by atoms with Gasteiger partial charge in [-0.25, -0.2) is 0 Å². The van der Waals surface area contributed by atoms with Gasteiger partial charge in [-0.2, -0.15) is 0 Å². The van der Waals surface area contributed by atoms with Gasteiger partial charge >= 0.3 is 0 Å². The Hall–Kier alpha value is -3.93. The third-order valence-corrected chi connectivity index (χ3v) is 8.90. The summed E-state index contributed by atoms with van der Waals surface area (Å²) < 4.78 is 0. The summed E-state index contributed by atoms with van der Waals surface area (Å²) in [5, 5.41) is 4.45. The fourth-order valence-corrected chi connectivity index (χ4v) is 6.36. The summed E-state index contributed by atoms with van der Waals surface area (Å²) in [4.78, 5) is 31.1. The Kier molecular flexibility index (Phi) is 9.21. The number of hydrogen-bond acceptors (Lipinski definition) is 3. The summed E-state index contributed by atoms with van der Waals surface area (Å²) >= 11 is 6.16. The number of rotatable bonds is 11. The molecule has 1 aliphatic heterocycles. The Labute approximate surface area is 259 Å². The predicted molar refractivity (Wildman–Crippen MR) is 174 cm³/mol. The molecule has 6 heteroatoms. The van der Waals surface area contributed by atoms with Crippen molar-refractivity contribution in [1.29, 1.82) is 0 Å². The quantitative estimate of drug-likeness (QED) is 0.147. The average molecular weight is 592 g/mol. The van der Waals surface area contributed by atoms with Gasteiger partial charge in [-0.05, 0) is 72.3 Å². The van der Waals surface area contributed by atoms with E-state index in [1.165, 1.54) is 11.1 Å². The lowest BCUT2D eigenvalue weighted by atomic mass is 9.98. The molecule has 2 fully saturated rings. The van der Waals surface area contributed by atoms with E-state index in [0.717, 1.165) is 47.6 Å². The van der Waals surface area contributed by atoms with Crippen LogP contribution in [-0.4, -0.2) is 42.4 Å². The van der Waals surface area contributed by atoms with Crippen molar-refractivity contribution in [2.75, 3.05) is 24.5 Å². The molecule has 43 heavy (non-hydrogen) atoms. The van der Waals surface area contributed by atoms with Gasteiger partial charge in [-0.15, -0.1) is 0 Å². The normalized spacial score (nSPS) is 20.3. The molecule has 1 saturated carbocycles. The lowest BCUT2D eigenvalue weighted by molar-refractivity contribution is -0.140. The zero-order chi connectivity index (χ0) is 29.6. The maximum absolute atomic E-state index is 13.7. The second-order valence-corrected chi connectivity index (χ2v) is 12.1. The first-order chi connectivity index (χ1) is 21.1. The van der Waals surface area contributed by atoms with Crippen molar-refractivity contribution in [3.63, 3.8) is 0 Å². The van der Waals surface area contributed by atoms with Crippen LogP contribution in [0.3, 0.4) is 0 Å². The van der Waals surface area contributed by atoms with Gasteiger partial charge in [0.25, 0.3) is 0 Å². The SMILES string of the molecule is O=C1C(CCCCN[C@@H]2C[C@H]2c2ccc(-c3cccc(Cl)c3)cc2)C(=O)N(c2ccccc2)CCN1Cc1ccccc1. The number of amides is 2. The number of carbonyl (C=O) groups is 2. The molecular weight excluding hydrogens is 554 g/mol. The number of halogens is 1. The highest BCUT2D eigenvalue weighted by Gasteiger charge is 2.39. The molecule has 1 aliphatic carbocycles. The molecular formula is C37H38ClN3O2. The van der Waals surface area contributed by atoms with Crippen LogP contribution in [0.5, 0.6) is 0 Å². The van der Waals surface area contributed by atoms with Crippen molar-refractivity contribution < 1.29 is 9.59 Å². The van der Waals surface area contributed by atoms with E-state index in [1.54, 1.807) is 4.90 Å². The fourth-order valence-electron chi connectivity index (χ4n) is 6.17. The summed E-state index contributed by atoms with van der Waals surface area (Å²) in [6.07, 6.45) is 3.45. The minimum atomic E-state index is -0.655. The van der Waals surface area contributed by atoms with Crippen LogP contribution < -0.4 is 10.2 Å². The number of para-hydroxylation sites is 1. The van der Waals surface area contributed by atoms with E-state index in [-0.39, 0.29) is 11.8 Å². The van der Waals surface area contributed by atoms with Crippen molar-refractivity contribution in [1.82, 2.24) is 10.2 Å². The molecule has 0 radical (unpaired) electrons. The molecule has 5 nitrogen and oxygen atoms in total. The topological polar surface area (TPSA) is 52.7 Å². The molecule has 220 valence electrons. The molecule has 1 saturated heterocycles. The number of hydrogen-bond donors (Lipinski definition) is 1. The lowest BCUT2D eigenvalue weighted by Gasteiger charge is -2.23. The highest BCUT2D eigenvalue weighted by atomic mass is 35.5. The van der Waals surface area contributed by atoms with Crippen molar-refractivity contribution in [3.05, 3.63) is 125 Å². The zero-order valence-corrected chi connectivity index (χ0v) is 25.1. The van der Waals surface area contributed by atoms with E-state index in [1.807, 2.05) is 83.8 Å². The Morgan fingerprint density at radius 3 is 2.23 bits per heavy atom. The third-order valence-electron chi connectivity index (χ3n) is 8.66. The number of nitrogens with zero attached hydrogens (tertiary/aromatic N) is 2. The summed E-state index contributed by atoms with van der Waals surface area (Å²) in [6, 6.07) is 37.0. The van der Waals surface area contributed by atoms with Crippen LogP contribution in [0.1, 0.15) is 42.7 Å². The second kappa shape index (κ2) is 13.6. The Morgan fingerprint density at radius 2 is 1.49 bits per heavy atom. The van der Waals surface area contributed by atoms with Crippen molar-refractivity contribution in [3.8, 4) is 11.1 Å². The fraction of sp³-hybridized carbons (Fsp3) is 0.297. The summed E-state index contributed by atoms with van der Waals surface area (Å²) in [7, 11) is 0. The number of nitrogens with one attached hydrogen (secondary N) is 1. The Morgan fingerprint density at radius 1 is 0.744 bits per heavy atom. The summed E-state index contributed by atoms with van der Waals surface area (Å²) in [5.41, 5.74) is 5.60. The first-order valence-electron chi connectivity index (χ1n) is 15.4. The maximum atomic E-state index is 13.7. The van der Waals surface area contributed by atoms with Crippen LogP contribution >= 0.6 is 11.6 Å². The van der Waals surface area contributed by atoms with Gasteiger partial charge in [0.2, 0.25) is 11.8 Å². The van der Waals surface area contributed by atoms with E-state index in [2.05, 4.69) is 35.6 Å². The highest BCUT2D eigenvalue weighted by molar-refractivity contribution is 6.30. The number of anilines is 1. The molecule has 6 rings (SSSR count). The van der Waals surface area contributed by atoms with Gasteiger partial charge in [-0.3, -0.25) is 9.59 Å². The van der Waals surface area contributed by atoms with Gasteiger partial charge in [0.15, 0.2) is 0 Å². The second-order valence-electron chi connectivity index (χ2n) is 11.7. The van der Waals surface area contributed by atoms with Crippen molar-refractivity contribution >= 4 is 29.1 Å². The molecule has 0 bridgehead atoms. The smallest absolute Gasteiger partial charge is 0.239 e. The van der Waals surface area contributed by atoms with Crippen molar-refractivity contribution in [2.24, 2.45) is 5.92 Å². The van der Waals surface area contributed by atoms with Gasteiger partial charge in [0.05, 0.1) is 0 Å². The van der Waals surface area contributed by atoms with Crippen LogP contribution in [0.15, 0.2) is 109 Å². The van der Waals surface area contributed by atoms with Crippen LogP contribution in [0.25, 0.3) is 11.1 Å². The van der Waals surface area contributed by atoms with E-state index in [9.17, 15) is 9.59 Å². The molecule has 1 heterocycles. The molecule has 4 aromatic rings. The molecule has 4 aromatic carbocycles. The monoisotopic (exact) mass is 591 g/mol. The van der Waals surface area contributed by atoms with Crippen LogP contribution in [0.4, 0.5) is 5.69 Å². The number of unbranched alkanes of at least 4 members (excludes halogenated alkanes) is 1. The first kappa shape index (κ1) is 29.2. The largest absolute Gasteiger partial charge is 0.336 e. The minimum absolute atomic E-state index is 0.0521. The van der Waals surface area contributed by atoms with E-state index in [4.69, 9.17) is 11.6 Å². The van der Waals surface area contributed by atoms with Crippen LogP contribution in [0.2, 0.25) is 5.02 Å². The van der Waals surface area contributed by atoms with E-state index in [0.29, 0.717) is 38.0 Å². The van der Waals surface area contributed by atoms with Gasteiger partial charge in [-0.1, -0.05) is 103 Å². The minimum Gasteiger partial charge on any atom is -0.336 e. The van der Waals surface area contributed by atoms with Gasteiger partial charge < -0.3 is 15.1 Å². The standard InChI is InChI=1S/C37H38ClN3O2/c38-31-13-9-12-30(24-31)28-17-19-29(20-18-28)34-25-35(34)39-21-8-7-16-33-36(42)40(26-27-10-3-1-4-11-27)22-23-41(37(33)43)32-14-5-2-6-15-32/h1-6,9-15,17-20,24,33-35,39H,7-8,16,21-23,25-26H2/t33?,34-,35+/m0/s1. The predicted octanol–water partition coefficient (Wildman–Crippen LogP) is 7.31. The molecule has 0 aromatic heterocycles. The first-order valence-corrected chi connectivity index (χ1v) is 15.7. The maximum Gasteiger partial charge on any atom is 0.239 e. The van der Waals surface area contributed by atoms with E-state index < -0.39 is 5.92 Å². The Bertz CT molecular complexity index is 1530. The summed E-state index contributed by atoms with van der Waals surface area (Å²) in [5.74, 6) is -0.255. The highest BCUT2D eigenvalue weighted by Crippen LogP contribution is 2.41. The molecule has 2 aliphatic rings. The molecule has 3 atom stereocenters. The molecule has 2 amide bonds. The number of benzene rings is 4. The van der Waals surface area contributed by atoms with Crippen LogP contribution in [0, 0.1) is 5.92 Å². The third kappa shape index (κ3) is 7.18. The molecule has 1 N–H and O–H groups in total. The van der Waals surface area contributed by atoms with Crippen LogP contribution in [-0.2, 0) is 16.1 Å². The van der Waals surface area contributed by atoms with E-state index >= 15 is 0 Å². The Balaban J connectivity index is 1.02.